The third-order valence-electron chi connectivity index (χ3n) is 5.25. The maximum atomic E-state index is 13.3. The summed E-state index contributed by atoms with van der Waals surface area (Å²) in [5.74, 6) is 0.0480. The molecule has 0 N–H and O–H groups in total. The highest BCUT2D eigenvalue weighted by molar-refractivity contribution is 6.31. The number of aryl methyl sites for hydroxylation is 1. The zero-order valence-electron chi connectivity index (χ0n) is 16.9. The molecule has 2 heterocycles. The fraction of sp³-hybridized carbons (Fsp3) is 0.524. The van der Waals surface area contributed by atoms with E-state index in [1.165, 1.54) is 0 Å². The molecular formula is C21H29ClN4O2. The summed E-state index contributed by atoms with van der Waals surface area (Å²) in [4.78, 5) is 17.6. The van der Waals surface area contributed by atoms with Crippen molar-refractivity contribution in [3.05, 3.63) is 52.3 Å². The van der Waals surface area contributed by atoms with E-state index in [0.29, 0.717) is 11.6 Å². The van der Waals surface area contributed by atoms with Crippen LogP contribution in [0.5, 0.6) is 0 Å². The molecule has 0 radical (unpaired) electrons. The number of halogens is 1. The number of morpholine rings is 1. The van der Waals surface area contributed by atoms with Crippen molar-refractivity contribution in [1.29, 1.82) is 0 Å². The van der Waals surface area contributed by atoms with Crippen molar-refractivity contribution >= 4 is 17.5 Å². The number of hydrogen-bond acceptors (Lipinski definition) is 4. The fourth-order valence-electron chi connectivity index (χ4n) is 3.57. The second kappa shape index (κ2) is 9.54. The minimum Gasteiger partial charge on any atom is -0.379 e. The van der Waals surface area contributed by atoms with Crippen LogP contribution in [-0.2, 0) is 22.6 Å². The Bertz CT molecular complexity index is 787. The Kier molecular flexibility index (Phi) is 7.10. The molecule has 3 rings (SSSR count). The van der Waals surface area contributed by atoms with Crippen LogP contribution in [0.25, 0.3) is 0 Å². The second-order valence-electron chi connectivity index (χ2n) is 7.41. The molecular weight excluding hydrogens is 376 g/mol. The zero-order valence-corrected chi connectivity index (χ0v) is 17.7. The molecule has 1 aromatic carbocycles. The van der Waals surface area contributed by atoms with Gasteiger partial charge in [-0.2, -0.15) is 5.10 Å². The van der Waals surface area contributed by atoms with Crippen LogP contribution in [-0.4, -0.2) is 64.4 Å². The second-order valence-corrected chi connectivity index (χ2v) is 7.79. The molecule has 1 aromatic heterocycles. The molecule has 0 bridgehead atoms. The maximum absolute atomic E-state index is 13.3. The van der Waals surface area contributed by atoms with E-state index in [1.54, 1.807) is 4.68 Å². The summed E-state index contributed by atoms with van der Waals surface area (Å²) < 4.78 is 7.15. The Morgan fingerprint density at radius 2 is 1.93 bits per heavy atom. The number of benzene rings is 1. The van der Waals surface area contributed by atoms with Gasteiger partial charge >= 0.3 is 0 Å². The summed E-state index contributed by atoms with van der Waals surface area (Å²) in [6, 6.07) is 10.2. The first kappa shape index (κ1) is 20.8. The third kappa shape index (κ3) is 5.13. The van der Waals surface area contributed by atoms with E-state index in [0.717, 1.165) is 49.8 Å². The largest absolute Gasteiger partial charge is 0.379 e. The van der Waals surface area contributed by atoms with Gasteiger partial charge in [-0.05, 0) is 26.3 Å². The molecule has 1 atom stereocenters. The van der Waals surface area contributed by atoms with Crippen LogP contribution in [0.15, 0.2) is 30.3 Å². The summed E-state index contributed by atoms with van der Waals surface area (Å²) in [7, 11) is 0. The average molecular weight is 405 g/mol. The molecule has 7 heteroatoms. The molecule has 0 saturated carbocycles. The Morgan fingerprint density at radius 3 is 2.54 bits per heavy atom. The third-order valence-corrected chi connectivity index (χ3v) is 5.80. The Labute approximate surface area is 172 Å². The lowest BCUT2D eigenvalue weighted by molar-refractivity contribution is -0.135. The van der Waals surface area contributed by atoms with E-state index in [1.807, 2.05) is 36.9 Å². The van der Waals surface area contributed by atoms with Crippen LogP contribution < -0.4 is 0 Å². The number of ether oxygens (including phenoxy) is 1. The summed E-state index contributed by atoms with van der Waals surface area (Å²) >= 11 is 6.26. The average Bonchev–Trinajstić information content (AvgIpc) is 2.94. The number of hydrogen-bond donors (Lipinski definition) is 0. The monoisotopic (exact) mass is 404 g/mol. The number of rotatable bonds is 7. The molecule has 1 aliphatic heterocycles. The fourth-order valence-corrected chi connectivity index (χ4v) is 3.71. The predicted octanol–water partition coefficient (Wildman–Crippen LogP) is 2.90. The van der Waals surface area contributed by atoms with Crippen molar-refractivity contribution in [2.45, 2.75) is 39.9 Å². The predicted molar refractivity (Wildman–Crippen MR) is 110 cm³/mol. The quantitative estimate of drug-likeness (QED) is 0.712. The highest BCUT2D eigenvalue weighted by Crippen LogP contribution is 2.19. The standard InChI is InChI=1S/C21H29ClN4O2/c1-16(13-24-9-11-28-12-10-24)25(14-19-7-5-4-6-8-19)20(27)15-26-18(3)21(22)17(2)23-26/h4-8,16H,9-15H2,1-3H3. The molecule has 1 aliphatic rings. The minimum atomic E-state index is 0.0480. The molecule has 6 nitrogen and oxygen atoms in total. The Hall–Kier alpha value is -1.89. The van der Waals surface area contributed by atoms with Crippen molar-refractivity contribution in [3.8, 4) is 0 Å². The zero-order chi connectivity index (χ0) is 20.1. The van der Waals surface area contributed by atoms with Crippen molar-refractivity contribution in [3.63, 3.8) is 0 Å². The Morgan fingerprint density at radius 1 is 1.25 bits per heavy atom. The number of amides is 1. The Balaban J connectivity index is 1.75. The van der Waals surface area contributed by atoms with Gasteiger partial charge in [-0.15, -0.1) is 0 Å². The van der Waals surface area contributed by atoms with E-state index >= 15 is 0 Å². The summed E-state index contributed by atoms with van der Waals surface area (Å²) in [6.07, 6.45) is 0. The summed E-state index contributed by atoms with van der Waals surface area (Å²) in [6.45, 7) is 10.8. The van der Waals surface area contributed by atoms with Gasteiger partial charge in [0.15, 0.2) is 0 Å². The van der Waals surface area contributed by atoms with Crippen molar-refractivity contribution in [2.75, 3.05) is 32.8 Å². The molecule has 1 fully saturated rings. The van der Waals surface area contributed by atoms with Gasteiger partial charge < -0.3 is 9.64 Å². The van der Waals surface area contributed by atoms with Crippen molar-refractivity contribution in [1.82, 2.24) is 19.6 Å². The maximum Gasteiger partial charge on any atom is 0.244 e. The molecule has 1 amide bonds. The summed E-state index contributed by atoms with van der Waals surface area (Å²) in [5, 5.41) is 5.05. The normalized spacial score (nSPS) is 16.1. The lowest BCUT2D eigenvalue weighted by Crippen LogP contribution is -2.48. The van der Waals surface area contributed by atoms with Crippen LogP contribution >= 0.6 is 11.6 Å². The van der Waals surface area contributed by atoms with E-state index in [2.05, 4.69) is 29.1 Å². The molecule has 152 valence electrons. The number of carbonyl (C=O) groups is 1. The molecule has 2 aromatic rings. The number of aromatic nitrogens is 2. The van der Waals surface area contributed by atoms with Gasteiger partial charge in [0, 0.05) is 32.2 Å². The SMILES string of the molecule is Cc1nn(CC(=O)N(Cc2ccccc2)C(C)CN2CCOCC2)c(C)c1Cl. The van der Waals surface area contributed by atoms with Crippen LogP contribution in [0.1, 0.15) is 23.9 Å². The molecule has 1 unspecified atom stereocenters. The van der Waals surface area contributed by atoms with Crippen molar-refractivity contribution < 1.29 is 9.53 Å². The number of nitrogens with zero attached hydrogens (tertiary/aromatic N) is 4. The van der Waals surface area contributed by atoms with E-state index < -0.39 is 0 Å². The van der Waals surface area contributed by atoms with Crippen LogP contribution in [0, 0.1) is 13.8 Å². The van der Waals surface area contributed by atoms with Gasteiger partial charge in [0.1, 0.15) is 6.54 Å². The summed E-state index contributed by atoms with van der Waals surface area (Å²) in [5.41, 5.74) is 2.70. The van der Waals surface area contributed by atoms with Gasteiger partial charge in [-0.25, -0.2) is 0 Å². The van der Waals surface area contributed by atoms with E-state index in [-0.39, 0.29) is 18.5 Å². The van der Waals surface area contributed by atoms with Crippen molar-refractivity contribution in [2.24, 2.45) is 0 Å². The van der Waals surface area contributed by atoms with Crippen LogP contribution in [0.4, 0.5) is 0 Å². The van der Waals surface area contributed by atoms with Gasteiger partial charge in [0.2, 0.25) is 5.91 Å². The highest BCUT2D eigenvalue weighted by atomic mass is 35.5. The lowest BCUT2D eigenvalue weighted by atomic mass is 10.1. The van der Waals surface area contributed by atoms with E-state index in [4.69, 9.17) is 16.3 Å². The molecule has 0 spiro atoms. The van der Waals surface area contributed by atoms with Gasteiger partial charge in [0.05, 0.1) is 29.6 Å². The van der Waals surface area contributed by atoms with Gasteiger partial charge in [-0.3, -0.25) is 14.4 Å². The number of carbonyl (C=O) groups excluding carboxylic acids is 1. The van der Waals surface area contributed by atoms with Crippen LogP contribution in [0.2, 0.25) is 5.02 Å². The molecule has 1 saturated heterocycles. The van der Waals surface area contributed by atoms with E-state index in [9.17, 15) is 4.79 Å². The molecule has 0 aliphatic carbocycles. The molecule has 28 heavy (non-hydrogen) atoms. The first-order chi connectivity index (χ1) is 13.5. The minimum absolute atomic E-state index is 0.0480. The topological polar surface area (TPSA) is 50.6 Å². The smallest absolute Gasteiger partial charge is 0.244 e. The first-order valence-electron chi connectivity index (χ1n) is 9.78. The van der Waals surface area contributed by atoms with Crippen LogP contribution in [0.3, 0.4) is 0 Å². The highest BCUT2D eigenvalue weighted by Gasteiger charge is 2.25. The first-order valence-corrected chi connectivity index (χ1v) is 10.2. The van der Waals surface area contributed by atoms with Gasteiger partial charge in [0.25, 0.3) is 0 Å². The lowest BCUT2D eigenvalue weighted by Gasteiger charge is -2.35. The van der Waals surface area contributed by atoms with Gasteiger partial charge in [-0.1, -0.05) is 41.9 Å².